The predicted octanol–water partition coefficient (Wildman–Crippen LogP) is 3.09. The molecule has 0 heterocycles. The highest BCUT2D eigenvalue weighted by atomic mass is 19.1. The largest absolute Gasteiger partial charge is 0.486 e. The Balaban J connectivity index is 1.88. The normalized spacial score (nSPS) is 12.2. The second kappa shape index (κ2) is 11.8. The van der Waals surface area contributed by atoms with Crippen molar-refractivity contribution in [2.75, 3.05) is 33.7 Å². The topological polar surface area (TPSA) is 66.0 Å². The average molecular weight is 415 g/mol. The number of nitrogens with one attached hydrogen (secondary N) is 2. The van der Waals surface area contributed by atoms with E-state index in [1.54, 1.807) is 37.2 Å². The van der Waals surface area contributed by atoms with Gasteiger partial charge in [-0.3, -0.25) is 4.79 Å². The summed E-state index contributed by atoms with van der Waals surface area (Å²) in [6.07, 6.45) is 0.478. The highest BCUT2D eigenvalue weighted by Gasteiger charge is 2.09. The van der Waals surface area contributed by atoms with Crippen molar-refractivity contribution < 1.29 is 13.9 Å². The third-order valence-electron chi connectivity index (χ3n) is 4.30. The van der Waals surface area contributed by atoms with Crippen LogP contribution in [-0.2, 0) is 6.42 Å². The minimum absolute atomic E-state index is 0.0106. The van der Waals surface area contributed by atoms with E-state index in [1.807, 2.05) is 38.1 Å². The van der Waals surface area contributed by atoms with Gasteiger partial charge in [-0.2, -0.15) is 0 Å². The van der Waals surface area contributed by atoms with Crippen LogP contribution in [0.3, 0.4) is 0 Å². The Labute approximate surface area is 178 Å². The lowest BCUT2D eigenvalue weighted by molar-refractivity contribution is 0.0827. The van der Waals surface area contributed by atoms with Crippen LogP contribution in [0, 0.1) is 5.82 Å². The monoisotopic (exact) mass is 414 g/mol. The Kier molecular flexibility index (Phi) is 9.12. The van der Waals surface area contributed by atoms with Gasteiger partial charge in [0, 0.05) is 32.7 Å². The van der Waals surface area contributed by atoms with Crippen LogP contribution < -0.4 is 15.4 Å². The van der Waals surface area contributed by atoms with Crippen molar-refractivity contribution in [2.24, 2.45) is 4.99 Å². The zero-order valence-corrected chi connectivity index (χ0v) is 18.1. The Morgan fingerprint density at radius 1 is 1.17 bits per heavy atom. The third kappa shape index (κ3) is 7.39. The van der Waals surface area contributed by atoms with Gasteiger partial charge in [-0.05, 0) is 50.1 Å². The van der Waals surface area contributed by atoms with E-state index in [0.717, 1.165) is 18.5 Å². The number of carbonyl (C=O) groups is 1. The molecule has 2 rings (SSSR count). The SMILES string of the molecule is CCNC(=NCC(C)Oc1ccccc1F)NCCc1cccc(C(=O)N(C)C)c1. The molecule has 0 saturated heterocycles. The van der Waals surface area contributed by atoms with E-state index in [9.17, 15) is 9.18 Å². The van der Waals surface area contributed by atoms with Crippen molar-refractivity contribution in [3.05, 3.63) is 65.5 Å². The van der Waals surface area contributed by atoms with Crippen LogP contribution in [-0.4, -0.2) is 56.6 Å². The first-order valence-corrected chi connectivity index (χ1v) is 10.1. The van der Waals surface area contributed by atoms with E-state index >= 15 is 0 Å². The summed E-state index contributed by atoms with van der Waals surface area (Å²) in [5, 5.41) is 6.48. The summed E-state index contributed by atoms with van der Waals surface area (Å²) in [5.74, 6) is 0.504. The molecule has 1 atom stereocenters. The number of hydrogen-bond acceptors (Lipinski definition) is 3. The van der Waals surface area contributed by atoms with Gasteiger partial charge in [-0.15, -0.1) is 0 Å². The molecular weight excluding hydrogens is 383 g/mol. The summed E-state index contributed by atoms with van der Waals surface area (Å²) in [7, 11) is 3.49. The summed E-state index contributed by atoms with van der Waals surface area (Å²) in [4.78, 5) is 18.2. The van der Waals surface area contributed by atoms with Crippen LogP contribution in [0.15, 0.2) is 53.5 Å². The summed E-state index contributed by atoms with van der Waals surface area (Å²) >= 11 is 0. The predicted molar refractivity (Wildman–Crippen MR) is 119 cm³/mol. The van der Waals surface area contributed by atoms with E-state index in [2.05, 4.69) is 15.6 Å². The van der Waals surface area contributed by atoms with Crippen molar-refractivity contribution in [2.45, 2.75) is 26.4 Å². The zero-order chi connectivity index (χ0) is 21.9. The van der Waals surface area contributed by atoms with Gasteiger partial charge in [0.25, 0.3) is 5.91 Å². The van der Waals surface area contributed by atoms with Crippen molar-refractivity contribution >= 4 is 11.9 Å². The fourth-order valence-corrected chi connectivity index (χ4v) is 2.80. The number of rotatable bonds is 9. The Hall–Kier alpha value is -3.09. The van der Waals surface area contributed by atoms with Gasteiger partial charge in [0.1, 0.15) is 6.10 Å². The molecule has 0 aliphatic carbocycles. The number of nitrogens with zero attached hydrogens (tertiary/aromatic N) is 2. The molecule has 7 heteroatoms. The number of aliphatic imine (C=N–C) groups is 1. The molecule has 0 aromatic heterocycles. The number of guanidine groups is 1. The van der Waals surface area contributed by atoms with Crippen molar-refractivity contribution in [1.29, 1.82) is 0 Å². The second-order valence-corrected chi connectivity index (χ2v) is 7.16. The molecule has 0 spiro atoms. The van der Waals surface area contributed by atoms with Crippen molar-refractivity contribution in [3.63, 3.8) is 0 Å². The molecule has 0 saturated carbocycles. The van der Waals surface area contributed by atoms with E-state index in [0.29, 0.717) is 24.6 Å². The first-order chi connectivity index (χ1) is 14.4. The Morgan fingerprint density at radius 2 is 1.93 bits per heavy atom. The molecule has 2 aromatic carbocycles. The quantitative estimate of drug-likeness (QED) is 0.489. The van der Waals surface area contributed by atoms with Crippen LogP contribution >= 0.6 is 0 Å². The van der Waals surface area contributed by atoms with Gasteiger partial charge in [-0.1, -0.05) is 24.3 Å². The minimum atomic E-state index is -0.381. The molecule has 2 N–H and O–H groups in total. The van der Waals surface area contributed by atoms with Gasteiger partial charge in [0.05, 0.1) is 6.54 Å². The summed E-state index contributed by atoms with van der Waals surface area (Å²) in [5.41, 5.74) is 1.75. The lowest BCUT2D eigenvalue weighted by Crippen LogP contribution is -2.39. The van der Waals surface area contributed by atoms with E-state index in [4.69, 9.17) is 4.74 Å². The maximum absolute atomic E-state index is 13.7. The fourth-order valence-electron chi connectivity index (χ4n) is 2.80. The molecule has 0 fully saturated rings. The Morgan fingerprint density at radius 3 is 2.63 bits per heavy atom. The maximum atomic E-state index is 13.7. The molecule has 0 bridgehead atoms. The van der Waals surface area contributed by atoms with Crippen LogP contribution in [0.4, 0.5) is 4.39 Å². The maximum Gasteiger partial charge on any atom is 0.253 e. The molecule has 6 nitrogen and oxygen atoms in total. The van der Waals surface area contributed by atoms with Gasteiger partial charge < -0.3 is 20.3 Å². The number of halogens is 1. The lowest BCUT2D eigenvalue weighted by Gasteiger charge is -2.16. The van der Waals surface area contributed by atoms with Crippen LogP contribution in [0.1, 0.15) is 29.8 Å². The van der Waals surface area contributed by atoms with Gasteiger partial charge in [0.2, 0.25) is 0 Å². The molecule has 2 aromatic rings. The molecule has 1 unspecified atom stereocenters. The standard InChI is InChI=1S/C23H31FN4O2/c1-5-25-23(27-16-17(2)30-21-12-7-6-11-20(21)24)26-14-13-18-9-8-10-19(15-18)22(29)28(3)4/h6-12,15,17H,5,13-14,16H2,1-4H3,(H2,25,26,27). The molecule has 1 amide bonds. The van der Waals surface area contributed by atoms with Crippen LogP contribution in [0.25, 0.3) is 0 Å². The molecule has 0 radical (unpaired) electrons. The van der Waals surface area contributed by atoms with Crippen molar-refractivity contribution in [3.8, 4) is 5.75 Å². The smallest absolute Gasteiger partial charge is 0.253 e. The molecule has 0 aliphatic rings. The highest BCUT2D eigenvalue weighted by molar-refractivity contribution is 5.94. The number of carbonyl (C=O) groups excluding carboxylic acids is 1. The first-order valence-electron chi connectivity index (χ1n) is 10.1. The number of benzene rings is 2. The van der Waals surface area contributed by atoms with Crippen LogP contribution in [0.5, 0.6) is 5.75 Å². The fraction of sp³-hybridized carbons (Fsp3) is 0.391. The summed E-state index contributed by atoms with van der Waals surface area (Å²) < 4.78 is 19.3. The van der Waals surface area contributed by atoms with Gasteiger partial charge in [-0.25, -0.2) is 9.38 Å². The van der Waals surface area contributed by atoms with Crippen LogP contribution in [0.2, 0.25) is 0 Å². The number of amides is 1. The number of para-hydroxylation sites is 1. The number of hydrogen-bond donors (Lipinski definition) is 2. The summed E-state index contributed by atoms with van der Waals surface area (Å²) in [6.45, 7) is 5.62. The number of ether oxygens (including phenoxy) is 1. The van der Waals surface area contributed by atoms with Gasteiger partial charge in [0.15, 0.2) is 17.5 Å². The second-order valence-electron chi connectivity index (χ2n) is 7.16. The van der Waals surface area contributed by atoms with E-state index in [1.165, 1.54) is 6.07 Å². The first kappa shape index (κ1) is 23.2. The zero-order valence-electron chi connectivity index (χ0n) is 18.1. The average Bonchev–Trinajstić information content (AvgIpc) is 2.73. The highest BCUT2D eigenvalue weighted by Crippen LogP contribution is 2.17. The molecular formula is C23H31FN4O2. The lowest BCUT2D eigenvalue weighted by atomic mass is 10.1. The third-order valence-corrected chi connectivity index (χ3v) is 4.30. The van der Waals surface area contributed by atoms with Gasteiger partial charge >= 0.3 is 0 Å². The molecule has 30 heavy (non-hydrogen) atoms. The summed E-state index contributed by atoms with van der Waals surface area (Å²) in [6, 6.07) is 14.0. The van der Waals surface area contributed by atoms with E-state index in [-0.39, 0.29) is 23.6 Å². The molecule has 162 valence electrons. The van der Waals surface area contributed by atoms with Crippen molar-refractivity contribution in [1.82, 2.24) is 15.5 Å². The van der Waals surface area contributed by atoms with E-state index < -0.39 is 0 Å². The molecule has 0 aliphatic heterocycles. The Bertz CT molecular complexity index is 855. The minimum Gasteiger partial charge on any atom is -0.486 e.